The molecule has 1 N–H and O–H groups in total. The van der Waals surface area contributed by atoms with E-state index >= 15 is 0 Å². The quantitative estimate of drug-likeness (QED) is 0.778. The summed E-state index contributed by atoms with van der Waals surface area (Å²) < 4.78 is 0. The van der Waals surface area contributed by atoms with Crippen LogP contribution in [0.4, 0.5) is 0 Å². The highest BCUT2D eigenvalue weighted by atomic mass is 35.5. The van der Waals surface area contributed by atoms with Gasteiger partial charge in [0, 0.05) is 9.90 Å². The van der Waals surface area contributed by atoms with Gasteiger partial charge in [-0.25, -0.2) is 0 Å². The van der Waals surface area contributed by atoms with E-state index in [1.165, 1.54) is 21.6 Å². The highest BCUT2D eigenvalue weighted by Gasteiger charge is 2.19. The van der Waals surface area contributed by atoms with Gasteiger partial charge in [0.05, 0.1) is 6.04 Å². The lowest BCUT2D eigenvalue weighted by Crippen LogP contribution is -2.23. The van der Waals surface area contributed by atoms with Crippen LogP contribution >= 0.6 is 22.9 Å². The second-order valence-electron chi connectivity index (χ2n) is 5.31. The maximum absolute atomic E-state index is 6.23. The average molecular weight is 308 g/mol. The van der Waals surface area contributed by atoms with Crippen molar-refractivity contribution in [2.24, 2.45) is 0 Å². The highest BCUT2D eigenvalue weighted by Crippen LogP contribution is 2.33. The summed E-state index contributed by atoms with van der Waals surface area (Å²) in [5, 5.41) is 6.70. The first-order valence-electron chi connectivity index (χ1n) is 7.08. The van der Waals surface area contributed by atoms with Gasteiger partial charge in [-0.1, -0.05) is 24.6 Å². The van der Waals surface area contributed by atoms with Crippen molar-refractivity contribution in [2.45, 2.75) is 40.2 Å². The lowest BCUT2D eigenvalue weighted by atomic mass is 9.96. The van der Waals surface area contributed by atoms with Crippen molar-refractivity contribution in [2.75, 3.05) is 6.54 Å². The molecule has 2 aromatic rings. The van der Waals surface area contributed by atoms with E-state index in [4.69, 9.17) is 11.6 Å². The molecular weight excluding hydrogens is 286 g/mol. The van der Waals surface area contributed by atoms with Gasteiger partial charge in [-0.05, 0) is 73.5 Å². The minimum atomic E-state index is 0.269. The molecule has 0 saturated heterocycles. The number of aryl methyl sites for hydroxylation is 3. The van der Waals surface area contributed by atoms with Crippen LogP contribution in [-0.2, 0) is 0 Å². The molecule has 3 heteroatoms. The van der Waals surface area contributed by atoms with E-state index in [9.17, 15) is 0 Å². The second-order valence-corrected chi connectivity index (χ2v) is 6.67. The Hall–Kier alpha value is -0.830. The molecule has 20 heavy (non-hydrogen) atoms. The molecule has 0 spiro atoms. The lowest BCUT2D eigenvalue weighted by molar-refractivity contribution is 0.601. The van der Waals surface area contributed by atoms with E-state index in [0.717, 1.165) is 23.6 Å². The molecule has 0 saturated carbocycles. The predicted octanol–water partition coefficient (Wildman–Crippen LogP) is 5.42. The van der Waals surface area contributed by atoms with Crippen LogP contribution < -0.4 is 5.32 Å². The van der Waals surface area contributed by atoms with Gasteiger partial charge in [0.15, 0.2) is 0 Å². The number of nitrogens with one attached hydrogen (secondary N) is 1. The van der Waals surface area contributed by atoms with Crippen molar-refractivity contribution in [3.8, 4) is 0 Å². The number of hydrogen-bond acceptors (Lipinski definition) is 2. The predicted molar refractivity (Wildman–Crippen MR) is 90.1 cm³/mol. The topological polar surface area (TPSA) is 12.0 Å². The largest absolute Gasteiger partial charge is 0.306 e. The summed E-state index contributed by atoms with van der Waals surface area (Å²) in [5.74, 6) is 0. The van der Waals surface area contributed by atoms with Gasteiger partial charge in [0.2, 0.25) is 0 Å². The Morgan fingerprint density at radius 3 is 2.50 bits per heavy atom. The fraction of sp³-hybridized carbons (Fsp3) is 0.412. The Kier molecular flexibility index (Phi) is 5.25. The number of thiophene rings is 1. The van der Waals surface area contributed by atoms with Gasteiger partial charge in [0.1, 0.15) is 0 Å². The zero-order valence-corrected chi connectivity index (χ0v) is 14.2. The van der Waals surface area contributed by atoms with Crippen LogP contribution in [0.3, 0.4) is 0 Å². The number of benzene rings is 1. The summed E-state index contributed by atoms with van der Waals surface area (Å²) in [5.41, 5.74) is 5.09. The molecule has 0 bridgehead atoms. The zero-order valence-electron chi connectivity index (χ0n) is 12.6. The van der Waals surface area contributed by atoms with E-state index in [-0.39, 0.29) is 6.04 Å². The van der Waals surface area contributed by atoms with Crippen LogP contribution in [-0.4, -0.2) is 6.54 Å². The first-order valence-corrected chi connectivity index (χ1v) is 8.34. The Morgan fingerprint density at radius 2 is 1.90 bits per heavy atom. The molecule has 1 heterocycles. The van der Waals surface area contributed by atoms with E-state index in [1.807, 2.05) is 11.3 Å². The molecule has 1 atom stereocenters. The molecule has 1 nitrogen and oxygen atoms in total. The van der Waals surface area contributed by atoms with Gasteiger partial charge < -0.3 is 5.32 Å². The van der Waals surface area contributed by atoms with Crippen LogP contribution in [0.25, 0.3) is 0 Å². The number of hydrogen-bond donors (Lipinski definition) is 1. The minimum absolute atomic E-state index is 0.269. The van der Waals surface area contributed by atoms with Gasteiger partial charge >= 0.3 is 0 Å². The maximum Gasteiger partial charge on any atom is 0.0676 e. The fourth-order valence-corrected chi connectivity index (χ4v) is 3.66. The van der Waals surface area contributed by atoms with Crippen molar-refractivity contribution in [3.63, 3.8) is 0 Å². The third kappa shape index (κ3) is 3.25. The standard InChI is InChI=1S/C17H22ClNS/c1-5-7-19-16(17-11(2)6-8-20-17)14-9-13(4)15(18)10-12(14)3/h6,8-10,16,19H,5,7H2,1-4H3. The van der Waals surface area contributed by atoms with E-state index in [1.54, 1.807) is 0 Å². The second kappa shape index (κ2) is 6.75. The van der Waals surface area contributed by atoms with Crippen LogP contribution in [0.5, 0.6) is 0 Å². The minimum Gasteiger partial charge on any atom is -0.306 e. The van der Waals surface area contributed by atoms with Crippen molar-refractivity contribution in [1.29, 1.82) is 0 Å². The third-order valence-corrected chi connectivity index (χ3v) is 5.11. The molecule has 0 fully saturated rings. The first kappa shape index (κ1) is 15.6. The van der Waals surface area contributed by atoms with Crippen molar-refractivity contribution in [1.82, 2.24) is 5.32 Å². The zero-order chi connectivity index (χ0) is 14.7. The Balaban J connectivity index is 2.46. The summed E-state index contributed by atoms with van der Waals surface area (Å²) in [6.07, 6.45) is 1.13. The van der Waals surface area contributed by atoms with Gasteiger partial charge in [-0.2, -0.15) is 0 Å². The van der Waals surface area contributed by atoms with Crippen LogP contribution in [0.2, 0.25) is 5.02 Å². The summed E-state index contributed by atoms with van der Waals surface area (Å²) in [6, 6.07) is 6.77. The molecule has 0 aliphatic carbocycles. The molecule has 1 aromatic heterocycles. The molecule has 1 unspecified atom stereocenters. The van der Waals surface area contributed by atoms with Crippen molar-refractivity contribution in [3.05, 3.63) is 55.7 Å². The van der Waals surface area contributed by atoms with Crippen LogP contribution in [0.15, 0.2) is 23.6 Å². The molecule has 1 aromatic carbocycles. The van der Waals surface area contributed by atoms with E-state index < -0.39 is 0 Å². The highest BCUT2D eigenvalue weighted by molar-refractivity contribution is 7.10. The Morgan fingerprint density at radius 1 is 1.15 bits per heavy atom. The smallest absolute Gasteiger partial charge is 0.0676 e. The van der Waals surface area contributed by atoms with E-state index in [2.05, 4.69) is 56.6 Å². The van der Waals surface area contributed by atoms with Gasteiger partial charge in [0.25, 0.3) is 0 Å². The first-order chi connectivity index (χ1) is 9.54. The molecule has 0 radical (unpaired) electrons. The summed E-state index contributed by atoms with van der Waals surface area (Å²) in [7, 11) is 0. The van der Waals surface area contributed by atoms with Gasteiger partial charge in [-0.15, -0.1) is 11.3 Å². The summed E-state index contributed by atoms with van der Waals surface area (Å²) >= 11 is 8.06. The molecular formula is C17H22ClNS. The summed E-state index contributed by atoms with van der Waals surface area (Å²) in [4.78, 5) is 1.41. The Labute approximate surface area is 131 Å². The van der Waals surface area contributed by atoms with Crippen LogP contribution in [0.1, 0.15) is 46.5 Å². The van der Waals surface area contributed by atoms with Crippen LogP contribution in [0, 0.1) is 20.8 Å². The van der Waals surface area contributed by atoms with Gasteiger partial charge in [-0.3, -0.25) is 0 Å². The van der Waals surface area contributed by atoms with Crippen molar-refractivity contribution >= 4 is 22.9 Å². The number of halogens is 1. The maximum atomic E-state index is 6.23. The SMILES string of the molecule is CCCNC(c1cc(C)c(Cl)cc1C)c1sccc1C. The van der Waals surface area contributed by atoms with E-state index in [0.29, 0.717) is 0 Å². The molecule has 0 aliphatic rings. The molecule has 0 aliphatic heterocycles. The van der Waals surface area contributed by atoms with Crippen molar-refractivity contribution < 1.29 is 0 Å². The molecule has 0 amide bonds. The number of rotatable bonds is 5. The summed E-state index contributed by atoms with van der Waals surface area (Å²) in [6.45, 7) is 9.62. The molecule has 2 rings (SSSR count). The fourth-order valence-electron chi connectivity index (χ4n) is 2.43. The normalized spacial score (nSPS) is 12.7. The third-order valence-electron chi connectivity index (χ3n) is 3.62. The Bertz CT molecular complexity index is 589. The lowest BCUT2D eigenvalue weighted by Gasteiger charge is -2.22. The average Bonchev–Trinajstić information content (AvgIpc) is 2.82. The molecule has 108 valence electrons. The monoisotopic (exact) mass is 307 g/mol.